The van der Waals surface area contributed by atoms with Crippen LogP contribution in [0.25, 0.3) is 0 Å². The van der Waals surface area contributed by atoms with E-state index in [1.807, 2.05) is 19.1 Å². The first kappa shape index (κ1) is 15.2. The van der Waals surface area contributed by atoms with Crippen LogP contribution in [0.1, 0.15) is 55.4 Å². The summed E-state index contributed by atoms with van der Waals surface area (Å²) in [6.45, 7) is 6.03. The Morgan fingerprint density at radius 2 is 1.95 bits per heavy atom. The van der Waals surface area contributed by atoms with Crippen LogP contribution in [0, 0.1) is 12.7 Å². The van der Waals surface area contributed by atoms with Crippen molar-refractivity contribution in [1.29, 1.82) is 0 Å². The van der Waals surface area contributed by atoms with Crippen LogP contribution in [-0.2, 0) is 0 Å². The molecule has 0 bridgehead atoms. The largest absolute Gasteiger partial charge is 0.340 e. The van der Waals surface area contributed by atoms with E-state index in [0.717, 1.165) is 38.2 Å². The van der Waals surface area contributed by atoms with Crippen molar-refractivity contribution in [2.75, 3.05) is 13.1 Å². The van der Waals surface area contributed by atoms with Crippen LogP contribution >= 0.6 is 0 Å². The van der Waals surface area contributed by atoms with E-state index in [1.54, 1.807) is 12.1 Å². The van der Waals surface area contributed by atoms with Gasteiger partial charge in [0.25, 0.3) is 0 Å². The third-order valence-corrected chi connectivity index (χ3v) is 4.52. The van der Waals surface area contributed by atoms with Crippen LogP contribution in [0.2, 0.25) is 0 Å². The molecule has 0 aliphatic carbocycles. The van der Waals surface area contributed by atoms with Gasteiger partial charge in [0.2, 0.25) is 5.89 Å². The lowest BCUT2D eigenvalue weighted by molar-refractivity contribution is 0.145. The number of benzene rings is 1. The molecular formula is C17H22FN3O. The summed E-state index contributed by atoms with van der Waals surface area (Å²) in [7, 11) is 0. The normalized spacial score (nSPS) is 18.5. The number of aryl methyl sites for hydroxylation is 1. The molecule has 0 N–H and O–H groups in total. The highest BCUT2D eigenvalue weighted by molar-refractivity contribution is 5.20. The predicted octanol–water partition coefficient (Wildman–Crippen LogP) is 3.85. The van der Waals surface area contributed by atoms with E-state index in [1.165, 1.54) is 5.56 Å². The van der Waals surface area contributed by atoms with Gasteiger partial charge in [-0.1, -0.05) is 24.2 Å². The number of aromatic nitrogens is 2. The Kier molecular flexibility index (Phi) is 4.52. The van der Waals surface area contributed by atoms with Gasteiger partial charge >= 0.3 is 0 Å². The first-order valence-corrected chi connectivity index (χ1v) is 7.97. The first-order valence-electron chi connectivity index (χ1n) is 7.97. The van der Waals surface area contributed by atoms with Gasteiger partial charge in [-0.2, -0.15) is 4.98 Å². The lowest BCUT2D eigenvalue weighted by Crippen LogP contribution is -2.36. The fraction of sp³-hybridized carbons (Fsp3) is 0.529. The zero-order valence-electron chi connectivity index (χ0n) is 13.1. The van der Waals surface area contributed by atoms with Crippen molar-refractivity contribution in [3.8, 4) is 0 Å². The number of hydrogen-bond donors (Lipinski definition) is 0. The minimum Gasteiger partial charge on any atom is -0.340 e. The minimum atomic E-state index is -0.176. The molecule has 22 heavy (non-hydrogen) atoms. The third-order valence-electron chi connectivity index (χ3n) is 4.52. The molecule has 3 rings (SSSR count). The van der Waals surface area contributed by atoms with Gasteiger partial charge in [0.05, 0.1) is 0 Å². The molecule has 1 saturated heterocycles. The summed E-state index contributed by atoms with van der Waals surface area (Å²) in [6, 6.07) is 7.25. The number of nitrogens with zero attached hydrogens (tertiary/aromatic N) is 3. The molecule has 2 aromatic rings. The second-order valence-electron chi connectivity index (χ2n) is 5.96. The van der Waals surface area contributed by atoms with Gasteiger partial charge in [0.15, 0.2) is 5.82 Å². The molecule has 118 valence electrons. The monoisotopic (exact) mass is 303 g/mol. The van der Waals surface area contributed by atoms with Crippen molar-refractivity contribution in [3.63, 3.8) is 0 Å². The van der Waals surface area contributed by atoms with Crippen molar-refractivity contribution in [2.45, 2.75) is 45.1 Å². The number of piperidine rings is 1. The molecule has 2 heterocycles. The number of hydrogen-bond acceptors (Lipinski definition) is 4. The molecule has 1 fully saturated rings. The van der Waals surface area contributed by atoms with Gasteiger partial charge in [0.1, 0.15) is 5.82 Å². The summed E-state index contributed by atoms with van der Waals surface area (Å²) in [5, 5.41) is 4.05. The van der Waals surface area contributed by atoms with Crippen LogP contribution in [-0.4, -0.2) is 28.1 Å². The standard InChI is InChI=1S/C17H22FN3O/c1-3-16(13-4-6-15(18)7-5-13)21-10-8-14(9-11-21)17-19-12(2)22-20-17/h4-7,14,16H,3,8-11H2,1-2H3. The Hall–Kier alpha value is -1.75. The van der Waals surface area contributed by atoms with Gasteiger partial charge < -0.3 is 4.52 Å². The van der Waals surface area contributed by atoms with E-state index in [4.69, 9.17) is 4.52 Å². The molecule has 5 heteroatoms. The minimum absolute atomic E-state index is 0.176. The average molecular weight is 303 g/mol. The third kappa shape index (κ3) is 3.19. The Morgan fingerprint density at radius 1 is 1.27 bits per heavy atom. The predicted molar refractivity (Wildman–Crippen MR) is 82.0 cm³/mol. The molecule has 1 atom stereocenters. The van der Waals surface area contributed by atoms with Crippen molar-refractivity contribution >= 4 is 0 Å². The van der Waals surface area contributed by atoms with Gasteiger partial charge in [0, 0.05) is 18.9 Å². The Balaban J connectivity index is 1.65. The van der Waals surface area contributed by atoms with Crippen molar-refractivity contribution < 1.29 is 8.91 Å². The molecule has 0 radical (unpaired) electrons. The first-order chi connectivity index (χ1) is 10.7. The average Bonchev–Trinajstić information content (AvgIpc) is 2.97. The fourth-order valence-electron chi connectivity index (χ4n) is 3.34. The van der Waals surface area contributed by atoms with Gasteiger partial charge in [-0.05, 0) is 50.0 Å². The molecule has 4 nitrogen and oxygen atoms in total. The highest BCUT2D eigenvalue weighted by Gasteiger charge is 2.28. The lowest BCUT2D eigenvalue weighted by atomic mass is 9.93. The summed E-state index contributed by atoms with van der Waals surface area (Å²) in [5.74, 6) is 1.69. The quantitative estimate of drug-likeness (QED) is 0.860. The summed E-state index contributed by atoms with van der Waals surface area (Å²) < 4.78 is 18.2. The molecule has 1 aromatic heterocycles. The molecular weight excluding hydrogens is 281 g/mol. The van der Waals surface area contributed by atoms with Crippen LogP contribution in [0.15, 0.2) is 28.8 Å². The maximum Gasteiger partial charge on any atom is 0.223 e. The maximum absolute atomic E-state index is 13.1. The zero-order chi connectivity index (χ0) is 15.5. The van der Waals surface area contributed by atoms with Crippen LogP contribution in [0.4, 0.5) is 4.39 Å². The van der Waals surface area contributed by atoms with Crippen LogP contribution in [0.5, 0.6) is 0 Å². The Morgan fingerprint density at radius 3 is 2.50 bits per heavy atom. The second-order valence-corrected chi connectivity index (χ2v) is 5.96. The summed E-state index contributed by atoms with van der Waals surface area (Å²) in [6.07, 6.45) is 3.10. The highest BCUT2D eigenvalue weighted by Crippen LogP contribution is 2.32. The lowest BCUT2D eigenvalue weighted by Gasteiger charge is -2.36. The second kappa shape index (κ2) is 6.57. The molecule has 1 aliphatic heterocycles. The van der Waals surface area contributed by atoms with Crippen molar-refractivity contribution in [3.05, 3.63) is 47.4 Å². The highest BCUT2D eigenvalue weighted by atomic mass is 19.1. The van der Waals surface area contributed by atoms with E-state index in [-0.39, 0.29) is 5.82 Å². The Bertz CT molecular complexity index is 603. The van der Waals surface area contributed by atoms with Gasteiger partial charge in [-0.15, -0.1) is 0 Å². The number of rotatable bonds is 4. The van der Waals surface area contributed by atoms with Crippen LogP contribution < -0.4 is 0 Å². The SMILES string of the molecule is CCC(c1ccc(F)cc1)N1CCC(c2noc(C)n2)CC1. The molecule has 0 saturated carbocycles. The topological polar surface area (TPSA) is 42.2 Å². The molecule has 0 spiro atoms. The summed E-state index contributed by atoms with van der Waals surface area (Å²) >= 11 is 0. The molecule has 0 amide bonds. The molecule has 1 unspecified atom stereocenters. The molecule has 1 aromatic carbocycles. The number of likely N-dealkylation sites (tertiary alicyclic amines) is 1. The van der Waals surface area contributed by atoms with E-state index in [0.29, 0.717) is 17.9 Å². The van der Waals surface area contributed by atoms with Gasteiger partial charge in [-0.3, -0.25) is 4.90 Å². The van der Waals surface area contributed by atoms with Crippen molar-refractivity contribution in [1.82, 2.24) is 15.0 Å². The van der Waals surface area contributed by atoms with E-state index >= 15 is 0 Å². The zero-order valence-corrected chi connectivity index (χ0v) is 13.1. The Labute approximate surface area is 130 Å². The maximum atomic E-state index is 13.1. The van der Waals surface area contributed by atoms with Crippen LogP contribution in [0.3, 0.4) is 0 Å². The van der Waals surface area contributed by atoms with E-state index < -0.39 is 0 Å². The summed E-state index contributed by atoms with van der Waals surface area (Å²) in [4.78, 5) is 6.84. The van der Waals surface area contributed by atoms with E-state index in [2.05, 4.69) is 22.0 Å². The number of halogens is 1. The van der Waals surface area contributed by atoms with Crippen molar-refractivity contribution in [2.24, 2.45) is 0 Å². The fourth-order valence-corrected chi connectivity index (χ4v) is 3.34. The van der Waals surface area contributed by atoms with E-state index in [9.17, 15) is 4.39 Å². The van der Waals surface area contributed by atoms with Gasteiger partial charge in [-0.25, -0.2) is 4.39 Å². The summed E-state index contributed by atoms with van der Waals surface area (Å²) in [5.41, 5.74) is 1.19. The molecule has 1 aliphatic rings. The smallest absolute Gasteiger partial charge is 0.223 e.